The van der Waals surface area contributed by atoms with E-state index in [-0.39, 0.29) is 5.91 Å². The first kappa shape index (κ1) is 18.1. The number of carbonyl (C=O) groups is 1. The zero-order chi connectivity index (χ0) is 18.6. The first-order valence-corrected chi connectivity index (χ1v) is 10.5. The molecule has 0 radical (unpaired) electrons. The van der Waals surface area contributed by atoms with E-state index in [9.17, 15) is 4.79 Å². The summed E-state index contributed by atoms with van der Waals surface area (Å²) >= 11 is 1.94. The van der Waals surface area contributed by atoms with Gasteiger partial charge >= 0.3 is 0 Å². The van der Waals surface area contributed by atoms with Gasteiger partial charge in [0.2, 0.25) is 5.91 Å². The number of fused-ring (bicyclic) bond motifs is 1. The molecule has 1 aliphatic rings. The molecule has 0 N–H and O–H groups in total. The number of piperidine rings is 1. The first-order chi connectivity index (χ1) is 13.2. The van der Waals surface area contributed by atoms with Gasteiger partial charge in [0, 0.05) is 46.8 Å². The maximum atomic E-state index is 11.8. The van der Waals surface area contributed by atoms with Gasteiger partial charge in [0.1, 0.15) is 0 Å². The Balaban J connectivity index is 1.41. The number of carbonyl (C=O) groups excluding carboxylic acids is 1. The summed E-state index contributed by atoms with van der Waals surface area (Å²) in [5.41, 5.74) is 3.37. The fourth-order valence-corrected chi connectivity index (χ4v) is 4.72. The van der Waals surface area contributed by atoms with Gasteiger partial charge in [-0.25, -0.2) is 0 Å². The van der Waals surface area contributed by atoms with Gasteiger partial charge in [-0.2, -0.15) is 0 Å². The van der Waals surface area contributed by atoms with E-state index in [4.69, 9.17) is 0 Å². The van der Waals surface area contributed by atoms with Gasteiger partial charge < -0.3 is 4.90 Å². The van der Waals surface area contributed by atoms with Crippen LogP contribution in [0.2, 0.25) is 0 Å². The van der Waals surface area contributed by atoms with Crippen LogP contribution < -0.4 is 0 Å². The molecule has 2 heterocycles. The summed E-state index contributed by atoms with van der Waals surface area (Å²) in [7, 11) is 0. The largest absolute Gasteiger partial charge is 0.343 e. The second-order valence-electron chi connectivity index (χ2n) is 6.99. The van der Waals surface area contributed by atoms with Gasteiger partial charge in [0.25, 0.3) is 0 Å². The maximum absolute atomic E-state index is 11.8. The number of aromatic nitrogens is 1. The molecule has 0 spiro atoms. The number of nitrogens with zero attached hydrogens (tertiary/aromatic N) is 2. The summed E-state index contributed by atoms with van der Waals surface area (Å²) in [6.45, 7) is 3.73. The van der Waals surface area contributed by atoms with Crippen molar-refractivity contribution in [3.8, 4) is 11.1 Å². The van der Waals surface area contributed by atoms with Crippen LogP contribution in [0, 0.1) is 0 Å². The lowest BCUT2D eigenvalue weighted by molar-refractivity contribution is -0.131. The zero-order valence-corrected chi connectivity index (χ0v) is 16.4. The monoisotopic (exact) mass is 376 g/mol. The highest BCUT2D eigenvalue weighted by atomic mass is 32.2. The van der Waals surface area contributed by atoms with Crippen LogP contribution in [-0.4, -0.2) is 34.1 Å². The van der Waals surface area contributed by atoms with Gasteiger partial charge in [0.05, 0.1) is 5.52 Å². The average Bonchev–Trinajstić information content (AvgIpc) is 2.74. The SMILES string of the molecule is CCC(=O)N1CCC(Sc2ccc(-c3cnc4ccccc4c3)cc2)CC1. The third kappa shape index (κ3) is 4.16. The Morgan fingerprint density at radius 1 is 1.07 bits per heavy atom. The molecule has 2 aromatic carbocycles. The summed E-state index contributed by atoms with van der Waals surface area (Å²) < 4.78 is 0. The van der Waals surface area contributed by atoms with E-state index in [0.717, 1.165) is 37.0 Å². The lowest BCUT2D eigenvalue weighted by Gasteiger charge is -2.31. The van der Waals surface area contributed by atoms with E-state index in [1.54, 1.807) is 0 Å². The minimum Gasteiger partial charge on any atom is -0.343 e. The minimum atomic E-state index is 0.284. The van der Waals surface area contributed by atoms with Crippen LogP contribution in [-0.2, 0) is 4.79 Å². The molecule has 4 rings (SSSR count). The van der Waals surface area contributed by atoms with Crippen molar-refractivity contribution in [2.75, 3.05) is 13.1 Å². The number of hydrogen-bond acceptors (Lipinski definition) is 3. The van der Waals surface area contributed by atoms with Crippen LogP contribution in [0.15, 0.2) is 65.7 Å². The molecule has 0 bridgehead atoms. The molecule has 3 nitrogen and oxygen atoms in total. The van der Waals surface area contributed by atoms with Crippen LogP contribution in [0.4, 0.5) is 0 Å². The number of rotatable bonds is 4. The van der Waals surface area contributed by atoms with Crippen molar-refractivity contribution in [1.29, 1.82) is 0 Å². The fourth-order valence-electron chi connectivity index (χ4n) is 3.59. The molecule has 138 valence electrons. The van der Waals surface area contributed by atoms with Gasteiger partial charge in [0.15, 0.2) is 0 Å². The van der Waals surface area contributed by atoms with Crippen LogP contribution in [0.25, 0.3) is 22.0 Å². The third-order valence-corrected chi connectivity index (χ3v) is 6.53. The van der Waals surface area contributed by atoms with Crippen molar-refractivity contribution < 1.29 is 4.79 Å². The predicted molar refractivity (Wildman–Crippen MR) is 113 cm³/mol. The Morgan fingerprint density at radius 3 is 2.56 bits per heavy atom. The molecule has 3 aromatic rings. The molecule has 1 aromatic heterocycles. The number of hydrogen-bond donors (Lipinski definition) is 0. The number of likely N-dealkylation sites (tertiary alicyclic amines) is 1. The lowest BCUT2D eigenvalue weighted by Crippen LogP contribution is -2.38. The summed E-state index contributed by atoms with van der Waals surface area (Å²) in [5, 5.41) is 1.76. The van der Waals surface area contributed by atoms with E-state index < -0.39 is 0 Å². The summed E-state index contributed by atoms with van der Waals surface area (Å²) in [6, 6.07) is 19.2. The summed E-state index contributed by atoms with van der Waals surface area (Å²) in [4.78, 5) is 19.7. The van der Waals surface area contributed by atoms with E-state index in [0.29, 0.717) is 11.7 Å². The quantitative estimate of drug-likeness (QED) is 0.612. The standard InChI is InChI=1S/C23H24N2OS/c1-2-23(26)25-13-11-21(12-14-25)27-20-9-7-17(8-10-20)19-15-18-5-3-4-6-22(18)24-16-19/h3-10,15-16,21H,2,11-14H2,1H3. The van der Waals surface area contributed by atoms with Crippen LogP contribution in [0.1, 0.15) is 26.2 Å². The number of amides is 1. The van der Waals surface area contributed by atoms with Crippen LogP contribution >= 0.6 is 11.8 Å². The maximum Gasteiger partial charge on any atom is 0.222 e. The van der Waals surface area contributed by atoms with Crippen molar-refractivity contribution in [3.63, 3.8) is 0 Å². The Hall–Kier alpha value is -2.33. The molecule has 1 aliphatic heterocycles. The Kier molecular flexibility index (Phi) is 5.44. The Labute approximate surface area is 164 Å². The van der Waals surface area contributed by atoms with Crippen molar-refractivity contribution in [2.45, 2.75) is 36.3 Å². The summed E-state index contributed by atoms with van der Waals surface area (Å²) in [6.07, 6.45) is 4.72. The highest BCUT2D eigenvalue weighted by Gasteiger charge is 2.22. The van der Waals surface area contributed by atoms with Crippen molar-refractivity contribution in [1.82, 2.24) is 9.88 Å². The molecule has 0 unspecified atom stereocenters. The second-order valence-corrected chi connectivity index (χ2v) is 8.37. The first-order valence-electron chi connectivity index (χ1n) is 9.62. The van der Waals surface area contributed by atoms with Crippen molar-refractivity contribution in [3.05, 3.63) is 60.8 Å². The number of pyridine rings is 1. The minimum absolute atomic E-state index is 0.284. The molecule has 1 amide bonds. The lowest BCUT2D eigenvalue weighted by atomic mass is 10.1. The van der Waals surface area contributed by atoms with E-state index in [1.807, 2.05) is 48.0 Å². The third-order valence-electron chi connectivity index (χ3n) is 5.18. The normalized spacial score (nSPS) is 15.2. The molecule has 0 saturated carbocycles. The topological polar surface area (TPSA) is 33.2 Å². The fraction of sp³-hybridized carbons (Fsp3) is 0.304. The molecule has 4 heteroatoms. The summed E-state index contributed by atoms with van der Waals surface area (Å²) in [5.74, 6) is 0.284. The number of thioether (sulfide) groups is 1. The Morgan fingerprint density at radius 2 is 1.81 bits per heavy atom. The predicted octanol–water partition coefficient (Wildman–Crippen LogP) is 5.39. The molecule has 1 saturated heterocycles. The molecule has 1 fully saturated rings. The molecule has 0 atom stereocenters. The zero-order valence-electron chi connectivity index (χ0n) is 15.6. The van der Waals surface area contributed by atoms with E-state index in [2.05, 4.69) is 41.4 Å². The van der Waals surface area contributed by atoms with E-state index >= 15 is 0 Å². The van der Waals surface area contributed by atoms with Gasteiger partial charge in [-0.15, -0.1) is 11.8 Å². The highest BCUT2D eigenvalue weighted by Crippen LogP contribution is 2.32. The van der Waals surface area contributed by atoms with Crippen molar-refractivity contribution in [2.24, 2.45) is 0 Å². The smallest absolute Gasteiger partial charge is 0.222 e. The van der Waals surface area contributed by atoms with Crippen molar-refractivity contribution >= 4 is 28.6 Å². The van der Waals surface area contributed by atoms with Crippen LogP contribution in [0.5, 0.6) is 0 Å². The molecular weight excluding hydrogens is 352 g/mol. The molecule has 0 aliphatic carbocycles. The van der Waals surface area contributed by atoms with Gasteiger partial charge in [-0.3, -0.25) is 9.78 Å². The average molecular weight is 377 g/mol. The second kappa shape index (κ2) is 8.13. The number of para-hydroxylation sites is 1. The number of benzene rings is 2. The van der Waals surface area contributed by atoms with E-state index in [1.165, 1.54) is 15.8 Å². The van der Waals surface area contributed by atoms with Gasteiger partial charge in [-0.1, -0.05) is 37.3 Å². The molecular formula is C23H24N2OS. The highest BCUT2D eigenvalue weighted by molar-refractivity contribution is 8.00. The molecule has 27 heavy (non-hydrogen) atoms. The van der Waals surface area contributed by atoms with Gasteiger partial charge in [-0.05, 0) is 42.7 Å². The Bertz CT molecular complexity index is 931. The van der Waals surface area contributed by atoms with Crippen LogP contribution in [0.3, 0.4) is 0 Å².